The minimum Gasteiger partial charge on any atom is -0.268 e. The van der Waals surface area contributed by atoms with Gasteiger partial charge in [0.1, 0.15) is 0 Å². The van der Waals surface area contributed by atoms with Gasteiger partial charge in [-0.2, -0.15) is 5.10 Å². The minimum absolute atomic E-state index is 0.0960. The van der Waals surface area contributed by atoms with E-state index in [1.807, 2.05) is 43.3 Å². The van der Waals surface area contributed by atoms with Crippen LogP contribution in [0.15, 0.2) is 47.3 Å². The SMILES string of the molecule is Cc1ccc(=O)n(CC=Cc2ccc(Cl)cc2)n1. The second-order valence-electron chi connectivity index (χ2n) is 3.95. The molecule has 0 saturated heterocycles. The number of hydrogen-bond acceptors (Lipinski definition) is 2. The number of nitrogens with zero attached hydrogens (tertiary/aromatic N) is 2. The number of benzene rings is 1. The number of hydrogen-bond donors (Lipinski definition) is 0. The molecule has 0 aliphatic rings. The molecular weight excluding hydrogens is 248 g/mol. The van der Waals surface area contributed by atoms with Gasteiger partial charge in [0, 0.05) is 11.1 Å². The Morgan fingerprint density at radius 2 is 1.94 bits per heavy atom. The molecule has 0 radical (unpaired) electrons. The molecule has 1 aromatic carbocycles. The topological polar surface area (TPSA) is 34.9 Å². The molecule has 0 spiro atoms. The lowest BCUT2D eigenvalue weighted by molar-refractivity contribution is 0.641. The van der Waals surface area contributed by atoms with Gasteiger partial charge in [-0.05, 0) is 30.7 Å². The van der Waals surface area contributed by atoms with Gasteiger partial charge in [0.15, 0.2) is 0 Å². The van der Waals surface area contributed by atoms with E-state index in [1.54, 1.807) is 6.07 Å². The van der Waals surface area contributed by atoms with Crippen molar-refractivity contribution in [3.8, 4) is 0 Å². The van der Waals surface area contributed by atoms with Gasteiger partial charge in [-0.25, -0.2) is 4.68 Å². The zero-order chi connectivity index (χ0) is 13.0. The number of allylic oxidation sites excluding steroid dienone is 1. The first-order valence-electron chi connectivity index (χ1n) is 5.62. The highest BCUT2D eigenvalue weighted by atomic mass is 35.5. The van der Waals surface area contributed by atoms with Crippen LogP contribution in [0.25, 0.3) is 6.08 Å². The van der Waals surface area contributed by atoms with Crippen LogP contribution in [0.1, 0.15) is 11.3 Å². The monoisotopic (exact) mass is 260 g/mol. The molecule has 2 aromatic rings. The van der Waals surface area contributed by atoms with Crippen molar-refractivity contribution >= 4 is 17.7 Å². The highest BCUT2D eigenvalue weighted by Crippen LogP contribution is 2.10. The summed E-state index contributed by atoms with van der Waals surface area (Å²) in [4.78, 5) is 11.5. The second-order valence-corrected chi connectivity index (χ2v) is 4.39. The van der Waals surface area contributed by atoms with Crippen molar-refractivity contribution in [3.05, 3.63) is 69.1 Å². The van der Waals surface area contributed by atoms with Crippen LogP contribution in [0.4, 0.5) is 0 Å². The zero-order valence-electron chi connectivity index (χ0n) is 10.0. The summed E-state index contributed by atoms with van der Waals surface area (Å²) in [6, 6.07) is 10.7. The van der Waals surface area contributed by atoms with E-state index >= 15 is 0 Å². The third kappa shape index (κ3) is 3.31. The largest absolute Gasteiger partial charge is 0.268 e. The zero-order valence-corrected chi connectivity index (χ0v) is 10.8. The fourth-order valence-corrected chi connectivity index (χ4v) is 1.67. The molecule has 0 N–H and O–H groups in total. The van der Waals surface area contributed by atoms with E-state index < -0.39 is 0 Å². The summed E-state index contributed by atoms with van der Waals surface area (Å²) in [5.41, 5.74) is 1.77. The highest BCUT2D eigenvalue weighted by molar-refractivity contribution is 6.30. The summed E-state index contributed by atoms with van der Waals surface area (Å²) in [6.07, 6.45) is 3.84. The number of rotatable bonds is 3. The van der Waals surface area contributed by atoms with Crippen molar-refractivity contribution in [2.24, 2.45) is 0 Å². The molecule has 0 saturated carbocycles. The van der Waals surface area contributed by atoms with Gasteiger partial charge in [0.2, 0.25) is 0 Å². The highest BCUT2D eigenvalue weighted by Gasteiger charge is 1.94. The fraction of sp³-hybridized carbons (Fsp3) is 0.143. The van der Waals surface area contributed by atoms with Crippen LogP contribution in [-0.4, -0.2) is 9.78 Å². The molecule has 0 aliphatic heterocycles. The average Bonchev–Trinajstić information content (AvgIpc) is 2.36. The van der Waals surface area contributed by atoms with Crippen LogP contribution in [0.3, 0.4) is 0 Å². The first-order valence-corrected chi connectivity index (χ1v) is 6.00. The summed E-state index contributed by atoms with van der Waals surface area (Å²) in [5.74, 6) is 0. The van der Waals surface area contributed by atoms with E-state index in [4.69, 9.17) is 11.6 Å². The van der Waals surface area contributed by atoms with Crippen molar-refractivity contribution < 1.29 is 0 Å². The Labute approximate surface area is 110 Å². The van der Waals surface area contributed by atoms with Crippen LogP contribution in [0.5, 0.6) is 0 Å². The lowest BCUT2D eigenvalue weighted by Gasteiger charge is -2.00. The molecule has 1 heterocycles. The first kappa shape index (κ1) is 12.6. The van der Waals surface area contributed by atoms with Gasteiger partial charge >= 0.3 is 0 Å². The smallest absolute Gasteiger partial charge is 0.267 e. The molecule has 0 amide bonds. The molecule has 0 bridgehead atoms. The van der Waals surface area contributed by atoms with Gasteiger partial charge in [-0.1, -0.05) is 35.9 Å². The maximum Gasteiger partial charge on any atom is 0.267 e. The predicted molar refractivity (Wildman–Crippen MR) is 73.7 cm³/mol. The van der Waals surface area contributed by atoms with E-state index in [0.29, 0.717) is 11.6 Å². The van der Waals surface area contributed by atoms with E-state index in [0.717, 1.165) is 11.3 Å². The molecule has 0 aliphatic carbocycles. The first-order chi connectivity index (χ1) is 8.65. The predicted octanol–water partition coefficient (Wildman–Crippen LogP) is 2.92. The van der Waals surface area contributed by atoms with Gasteiger partial charge in [0.05, 0.1) is 12.2 Å². The number of aromatic nitrogens is 2. The molecular formula is C14H13ClN2O. The van der Waals surface area contributed by atoms with Gasteiger partial charge < -0.3 is 0 Å². The Morgan fingerprint density at radius 1 is 1.22 bits per heavy atom. The molecule has 0 unspecified atom stereocenters. The molecule has 2 rings (SSSR count). The van der Waals surface area contributed by atoms with Crippen molar-refractivity contribution in [2.75, 3.05) is 0 Å². The van der Waals surface area contributed by atoms with Crippen LogP contribution in [0.2, 0.25) is 5.02 Å². The Morgan fingerprint density at radius 3 is 2.67 bits per heavy atom. The minimum atomic E-state index is -0.0960. The van der Waals surface area contributed by atoms with Gasteiger partial charge in [-0.3, -0.25) is 4.79 Å². The molecule has 1 aromatic heterocycles. The van der Waals surface area contributed by atoms with Crippen molar-refractivity contribution in [3.63, 3.8) is 0 Å². The molecule has 3 nitrogen and oxygen atoms in total. The summed E-state index contributed by atoms with van der Waals surface area (Å²) in [6.45, 7) is 2.32. The van der Waals surface area contributed by atoms with Crippen LogP contribution >= 0.6 is 11.6 Å². The van der Waals surface area contributed by atoms with E-state index in [9.17, 15) is 4.79 Å². The Bertz CT molecular complexity index is 614. The molecule has 92 valence electrons. The quantitative estimate of drug-likeness (QED) is 0.851. The summed E-state index contributed by atoms with van der Waals surface area (Å²) < 4.78 is 1.43. The van der Waals surface area contributed by atoms with Crippen LogP contribution in [0, 0.1) is 6.92 Å². The molecule has 4 heteroatoms. The third-order valence-corrected chi connectivity index (χ3v) is 2.71. The normalized spacial score (nSPS) is 11.0. The Kier molecular flexibility index (Phi) is 3.95. The lowest BCUT2D eigenvalue weighted by atomic mass is 10.2. The third-order valence-electron chi connectivity index (χ3n) is 2.46. The van der Waals surface area contributed by atoms with Gasteiger partial charge in [0.25, 0.3) is 5.56 Å². The van der Waals surface area contributed by atoms with Crippen molar-refractivity contribution in [1.82, 2.24) is 9.78 Å². The molecule has 18 heavy (non-hydrogen) atoms. The standard InChI is InChI=1S/C14H13ClN2O/c1-11-4-9-14(18)17(16-11)10-2-3-12-5-7-13(15)8-6-12/h2-9H,10H2,1H3. The molecule has 0 atom stereocenters. The number of halogens is 1. The summed E-state index contributed by atoms with van der Waals surface area (Å²) in [7, 11) is 0. The van der Waals surface area contributed by atoms with Crippen molar-refractivity contribution in [2.45, 2.75) is 13.5 Å². The second kappa shape index (κ2) is 5.65. The van der Waals surface area contributed by atoms with Gasteiger partial charge in [-0.15, -0.1) is 0 Å². The van der Waals surface area contributed by atoms with E-state index in [-0.39, 0.29) is 5.56 Å². The van der Waals surface area contributed by atoms with Crippen LogP contribution < -0.4 is 5.56 Å². The Hall–Kier alpha value is -1.87. The Balaban J connectivity index is 2.09. The van der Waals surface area contributed by atoms with Crippen LogP contribution in [-0.2, 0) is 6.54 Å². The van der Waals surface area contributed by atoms with E-state index in [1.165, 1.54) is 10.7 Å². The maximum absolute atomic E-state index is 11.5. The summed E-state index contributed by atoms with van der Waals surface area (Å²) in [5, 5.41) is 4.86. The fourth-order valence-electron chi connectivity index (χ4n) is 1.54. The van der Waals surface area contributed by atoms with E-state index in [2.05, 4.69) is 5.10 Å². The average molecular weight is 261 g/mol. The lowest BCUT2D eigenvalue weighted by Crippen LogP contribution is -2.21. The molecule has 0 fully saturated rings. The number of aryl methyl sites for hydroxylation is 1. The van der Waals surface area contributed by atoms with Crippen molar-refractivity contribution in [1.29, 1.82) is 0 Å². The summed E-state index contributed by atoms with van der Waals surface area (Å²) >= 11 is 5.80. The maximum atomic E-state index is 11.5.